The summed E-state index contributed by atoms with van der Waals surface area (Å²) in [5.74, 6) is -1.81. The SMILES string of the molecule is CC[C@H](C)NC(=O)[C@@H](Cc1ccccc1)N(Cc1ccccc1Cl)C(=O)CN(c1ccc(F)c(Cl)c1)S(=O)(=O)c1ccccc1. The molecule has 0 heterocycles. The molecule has 2 atom stereocenters. The zero-order valence-corrected chi connectivity index (χ0v) is 27.2. The van der Waals surface area contributed by atoms with Gasteiger partial charge in [0.15, 0.2) is 0 Å². The lowest BCUT2D eigenvalue weighted by Gasteiger charge is -2.34. The monoisotopic (exact) mass is 669 g/mol. The highest BCUT2D eigenvalue weighted by Gasteiger charge is 2.35. The summed E-state index contributed by atoms with van der Waals surface area (Å²) >= 11 is 12.6. The molecule has 0 fully saturated rings. The minimum absolute atomic E-state index is 0.0139. The Labute approximate surface area is 273 Å². The third kappa shape index (κ3) is 8.63. The van der Waals surface area contributed by atoms with Crippen molar-refractivity contribution in [2.24, 2.45) is 0 Å². The highest BCUT2D eigenvalue weighted by Crippen LogP contribution is 2.29. The zero-order valence-electron chi connectivity index (χ0n) is 24.9. The molecule has 4 rings (SSSR count). The average Bonchev–Trinajstić information content (AvgIpc) is 3.04. The van der Waals surface area contributed by atoms with E-state index in [0.29, 0.717) is 17.0 Å². The van der Waals surface area contributed by atoms with Crippen molar-refractivity contribution in [2.45, 2.75) is 50.2 Å². The topological polar surface area (TPSA) is 86.8 Å². The summed E-state index contributed by atoms with van der Waals surface area (Å²) in [7, 11) is -4.34. The number of halogens is 3. The molecular formula is C34H34Cl2FN3O4S. The molecule has 236 valence electrons. The van der Waals surface area contributed by atoms with Gasteiger partial charge in [0.1, 0.15) is 18.4 Å². The van der Waals surface area contributed by atoms with E-state index in [1.165, 1.54) is 23.1 Å². The van der Waals surface area contributed by atoms with Crippen LogP contribution in [-0.2, 0) is 32.6 Å². The molecular weight excluding hydrogens is 636 g/mol. The van der Waals surface area contributed by atoms with Crippen molar-refractivity contribution in [3.63, 3.8) is 0 Å². The van der Waals surface area contributed by atoms with Crippen LogP contribution in [-0.4, -0.2) is 43.8 Å². The van der Waals surface area contributed by atoms with Crippen LogP contribution in [0.1, 0.15) is 31.4 Å². The van der Waals surface area contributed by atoms with Gasteiger partial charge in [-0.3, -0.25) is 13.9 Å². The Morgan fingerprint density at radius 1 is 0.867 bits per heavy atom. The third-order valence-electron chi connectivity index (χ3n) is 7.37. The molecule has 1 N–H and O–H groups in total. The second-order valence-corrected chi connectivity index (χ2v) is 13.2. The van der Waals surface area contributed by atoms with Crippen LogP contribution in [0.25, 0.3) is 0 Å². The van der Waals surface area contributed by atoms with Gasteiger partial charge < -0.3 is 10.2 Å². The molecule has 7 nitrogen and oxygen atoms in total. The molecule has 45 heavy (non-hydrogen) atoms. The molecule has 0 saturated heterocycles. The first-order valence-electron chi connectivity index (χ1n) is 14.4. The maximum atomic E-state index is 14.5. The molecule has 4 aromatic rings. The fourth-order valence-corrected chi connectivity index (χ4v) is 6.49. The predicted octanol–water partition coefficient (Wildman–Crippen LogP) is 6.88. The van der Waals surface area contributed by atoms with E-state index in [4.69, 9.17) is 23.2 Å². The number of hydrogen-bond donors (Lipinski definition) is 1. The molecule has 4 aromatic carbocycles. The van der Waals surface area contributed by atoms with Crippen molar-refractivity contribution >= 4 is 50.7 Å². The van der Waals surface area contributed by atoms with E-state index in [9.17, 15) is 22.4 Å². The standard InChI is InChI=1S/C34H34Cl2FN3O4S/c1-3-24(2)38-34(42)32(20-25-12-6-4-7-13-25)39(22-26-14-10-11-17-29(26)35)33(41)23-40(27-18-19-31(37)30(36)21-27)45(43,44)28-15-8-5-9-16-28/h4-19,21,24,32H,3,20,22-23H2,1-2H3,(H,38,42)/t24-,32+/m0/s1. The van der Waals surface area contributed by atoms with E-state index in [1.807, 2.05) is 44.2 Å². The Balaban J connectivity index is 1.83. The first-order valence-corrected chi connectivity index (χ1v) is 16.6. The molecule has 0 aromatic heterocycles. The highest BCUT2D eigenvalue weighted by molar-refractivity contribution is 7.92. The lowest BCUT2D eigenvalue weighted by atomic mass is 10.0. The van der Waals surface area contributed by atoms with Gasteiger partial charge in [0, 0.05) is 24.0 Å². The number of amides is 2. The molecule has 0 spiro atoms. The Morgan fingerprint density at radius 3 is 2.11 bits per heavy atom. The Bertz CT molecular complexity index is 1730. The molecule has 2 amide bonds. The second-order valence-electron chi connectivity index (χ2n) is 10.6. The van der Waals surface area contributed by atoms with Crippen LogP contribution >= 0.6 is 23.2 Å². The van der Waals surface area contributed by atoms with Crippen molar-refractivity contribution in [3.05, 3.63) is 130 Å². The van der Waals surface area contributed by atoms with Gasteiger partial charge in [0.05, 0.1) is 15.6 Å². The average molecular weight is 671 g/mol. The van der Waals surface area contributed by atoms with Gasteiger partial charge >= 0.3 is 0 Å². The van der Waals surface area contributed by atoms with E-state index in [0.717, 1.165) is 22.0 Å². The summed E-state index contributed by atoms with van der Waals surface area (Å²) < 4.78 is 43.0. The van der Waals surface area contributed by atoms with Crippen molar-refractivity contribution in [2.75, 3.05) is 10.8 Å². The van der Waals surface area contributed by atoms with Crippen LogP contribution in [0.15, 0.2) is 108 Å². The number of carbonyl (C=O) groups is 2. The van der Waals surface area contributed by atoms with E-state index in [2.05, 4.69) is 5.32 Å². The van der Waals surface area contributed by atoms with Gasteiger partial charge in [-0.2, -0.15) is 0 Å². The number of benzene rings is 4. The van der Waals surface area contributed by atoms with Crippen molar-refractivity contribution in [1.29, 1.82) is 0 Å². The van der Waals surface area contributed by atoms with Crippen LogP contribution in [0.4, 0.5) is 10.1 Å². The van der Waals surface area contributed by atoms with Crippen molar-refractivity contribution < 1.29 is 22.4 Å². The van der Waals surface area contributed by atoms with E-state index >= 15 is 0 Å². The maximum absolute atomic E-state index is 14.5. The highest BCUT2D eigenvalue weighted by atomic mass is 35.5. The van der Waals surface area contributed by atoms with Crippen LogP contribution in [0.5, 0.6) is 0 Å². The fraction of sp³-hybridized carbons (Fsp3) is 0.235. The van der Waals surface area contributed by atoms with Gasteiger partial charge in [0.25, 0.3) is 10.0 Å². The van der Waals surface area contributed by atoms with Gasteiger partial charge in [-0.05, 0) is 60.9 Å². The third-order valence-corrected chi connectivity index (χ3v) is 9.82. The lowest BCUT2D eigenvalue weighted by molar-refractivity contribution is -0.140. The van der Waals surface area contributed by atoms with Crippen LogP contribution in [0, 0.1) is 5.82 Å². The molecule has 0 unspecified atom stereocenters. The van der Waals surface area contributed by atoms with Gasteiger partial charge in [-0.25, -0.2) is 12.8 Å². The summed E-state index contributed by atoms with van der Waals surface area (Å²) in [6, 6.07) is 26.0. The summed E-state index contributed by atoms with van der Waals surface area (Å²) in [5, 5.41) is 3.06. The van der Waals surface area contributed by atoms with Crippen LogP contribution in [0.3, 0.4) is 0 Å². The quantitative estimate of drug-likeness (QED) is 0.168. The van der Waals surface area contributed by atoms with Gasteiger partial charge in [-0.1, -0.05) is 96.9 Å². The van der Waals surface area contributed by atoms with Gasteiger partial charge in [-0.15, -0.1) is 0 Å². The van der Waals surface area contributed by atoms with Crippen LogP contribution in [0.2, 0.25) is 10.0 Å². The fourth-order valence-electron chi connectivity index (χ4n) is 4.69. The second kappa shape index (κ2) is 15.4. The molecule has 11 heteroatoms. The summed E-state index contributed by atoms with van der Waals surface area (Å²) in [6.07, 6.45) is 0.823. The molecule has 0 saturated carbocycles. The normalized spacial score (nSPS) is 12.6. The number of nitrogens with zero attached hydrogens (tertiary/aromatic N) is 2. The smallest absolute Gasteiger partial charge is 0.264 e. The molecule has 0 aliphatic carbocycles. The van der Waals surface area contributed by atoms with E-state index in [1.54, 1.807) is 42.5 Å². The number of rotatable bonds is 13. The van der Waals surface area contributed by atoms with E-state index < -0.39 is 40.2 Å². The van der Waals surface area contributed by atoms with E-state index in [-0.39, 0.29) is 34.6 Å². The maximum Gasteiger partial charge on any atom is 0.264 e. The minimum Gasteiger partial charge on any atom is -0.352 e. The largest absolute Gasteiger partial charge is 0.352 e. The molecule has 0 aliphatic heterocycles. The Morgan fingerprint density at radius 2 is 1.49 bits per heavy atom. The Kier molecular flexibility index (Phi) is 11.6. The number of hydrogen-bond acceptors (Lipinski definition) is 4. The van der Waals surface area contributed by atoms with Crippen molar-refractivity contribution in [1.82, 2.24) is 10.2 Å². The first-order chi connectivity index (χ1) is 21.5. The first kappa shape index (κ1) is 34.0. The minimum atomic E-state index is -4.34. The predicted molar refractivity (Wildman–Crippen MR) is 176 cm³/mol. The summed E-state index contributed by atoms with van der Waals surface area (Å²) in [5.41, 5.74) is 1.36. The number of nitrogens with one attached hydrogen (secondary N) is 1. The molecule has 0 radical (unpaired) electrons. The Hall–Kier alpha value is -3.92. The van der Waals surface area contributed by atoms with Gasteiger partial charge in [0.2, 0.25) is 11.8 Å². The number of sulfonamides is 1. The zero-order chi connectivity index (χ0) is 32.6. The van der Waals surface area contributed by atoms with Crippen LogP contribution < -0.4 is 9.62 Å². The lowest BCUT2D eigenvalue weighted by Crippen LogP contribution is -2.54. The van der Waals surface area contributed by atoms with Crippen molar-refractivity contribution in [3.8, 4) is 0 Å². The molecule has 0 aliphatic rings. The molecule has 0 bridgehead atoms. The summed E-state index contributed by atoms with van der Waals surface area (Å²) in [6.45, 7) is 3.02. The number of carbonyl (C=O) groups excluding carboxylic acids is 2. The number of anilines is 1. The summed E-state index contributed by atoms with van der Waals surface area (Å²) in [4.78, 5) is 29.6.